The minimum atomic E-state index is 0.493. The predicted octanol–water partition coefficient (Wildman–Crippen LogP) is 1.86. The maximum absolute atomic E-state index is 5.38. The lowest BCUT2D eigenvalue weighted by atomic mass is 10.1. The van der Waals surface area contributed by atoms with E-state index in [1.807, 2.05) is 48.3 Å². The Hall–Kier alpha value is -2.87. The molecule has 0 aliphatic heterocycles. The number of anilines is 1. The Morgan fingerprint density at radius 2 is 2.10 bits per heavy atom. The molecule has 1 aromatic carbocycles. The van der Waals surface area contributed by atoms with Crippen molar-refractivity contribution in [2.24, 2.45) is 0 Å². The van der Waals surface area contributed by atoms with Crippen LogP contribution in [0, 0.1) is 12.3 Å². The second kappa shape index (κ2) is 5.02. The zero-order valence-electron chi connectivity index (χ0n) is 11.1. The van der Waals surface area contributed by atoms with Crippen molar-refractivity contribution >= 4 is 11.6 Å². The second-order valence-corrected chi connectivity index (χ2v) is 4.40. The molecule has 0 saturated carbocycles. The molecular formula is C15H13N5. The third-order valence-corrected chi connectivity index (χ3v) is 3.02. The zero-order valence-corrected chi connectivity index (χ0v) is 11.1. The van der Waals surface area contributed by atoms with E-state index in [0.29, 0.717) is 12.3 Å². The summed E-state index contributed by atoms with van der Waals surface area (Å²) in [5.74, 6) is 4.05. The summed E-state index contributed by atoms with van der Waals surface area (Å²) in [5.41, 5.74) is 1.89. The van der Waals surface area contributed by atoms with Gasteiger partial charge in [-0.2, -0.15) is 14.6 Å². The van der Waals surface area contributed by atoms with E-state index >= 15 is 0 Å². The van der Waals surface area contributed by atoms with Crippen molar-refractivity contribution in [2.45, 2.75) is 0 Å². The Kier molecular flexibility index (Phi) is 3.05. The molecule has 2 heterocycles. The van der Waals surface area contributed by atoms with Crippen LogP contribution in [0.1, 0.15) is 0 Å². The lowest BCUT2D eigenvalue weighted by molar-refractivity contribution is 0.880. The van der Waals surface area contributed by atoms with E-state index in [4.69, 9.17) is 6.42 Å². The third kappa shape index (κ3) is 2.08. The van der Waals surface area contributed by atoms with Gasteiger partial charge in [0, 0.05) is 18.7 Å². The molecule has 0 amide bonds. The lowest BCUT2D eigenvalue weighted by Crippen LogP contribution is -2.20. The zero-order chi connectivity index (χ0) is 13.9. The highest BCUT2D eigenvalue weighted by Gasteiger charge is 2.11. The van der Waals surface area contributed by atoms with Crippen molar-refractivity contribution in [1.82, 2.24) is 19.6 Å². The van der Waals surface area contributed by atoms with E-state index in [2.05, 4.69) is 21.0 Å². The summed E-state index contributed by atoms with van der Waals surface area (Å²) in [6.07, 6.45) is 6.87. The van der Waals surface area contributed by atoms with Crippen LogP contribution in [0.5, 0.6) is 0 Å². The molecule has 5 heteroatoms. The normalized spacial score (nSPS) is 10.4. The van der Waals surface area contributed by atoms with Gasteiger partial charge in [0.05, 0.1) is 12.2 Å². The fourth-order valence-electron chi connectivity index (χ4n) is 2.04. The number of fused-ring (bicyclic) bond motifs is 1. The quantitative estimate of drug-likeness (QED) is 0.677. The molecule has 0 atom stereocenters. The lowest BCUT2D eigenvalue weighted by Gasteiger charge is -2.17. The molecule has 2 aromatic heterocycles. The first-order valence-electron chi connectivity index (χ1n) is 6.20. The molecule has 0 aliphatic rings. The van der Waals surface area contributed by atoms with Gasteiger partial charge in [-0.3, -0.25) is 0 Å². The number of terminal acetylenes is 1. The molecule has 3 rings (SSSR count). The maximum atomic E-state index is 5.38. The number of rotatable bonds is 3. The van der Waals surface area contributed by atoms with E-state index in [-0.39, 0.29) is 0 Å². The van der Waals surface area contributed by atoms with Crippen LogP contribution in [0.4, 0.5) is 5.82 Å². The largest absolute Gasteiger partial charge is 0.348 e. The molecule has 0 aliphatic carbocycles. The minimum Gasteiger partial charge on any atom is -0.348 e. The number of benzene rings is 1. The van der Waals surface area contributed by atoms with Gasteiger partial charge in [0.15, 0.2) is 0 Å². The fraction of sp³-hybridized carbons (Fsp3) is 0.133. The number of hydrogen-bond acceptors (Lipinski definition) is 4. The summed E-state index contributed by atoms with van der Waals surface area (Å²) in [6.45, 7) is 0.493. The van der Waals surface area contributed by atoms with Gasteiger partial charge in [-0.15, -0.1) is 6.42 Å². The Balaban J connectivity index is 2.18. The molecule has 0 spiro atoms. The van der Waals surface area contributed by atoms with Crippen LogP contribution in [0.25, 0.3) is 17.0 Å². The van der Waals surface area contributed by atoms with Gasteiger partial charge in [-0.25, -0.2) is 4.98 Å². The molecule has 98 valence electrons. The molecule has 0 fully saturated rings. The summed E-state index contributed by atoms with van der Waals surface area (Å²) < 4.78 is 1.68. The van der Waals surface area contributed by atoms with Crippen LogP contribution in [-0.2, 0) is 0 Å². The Bertz CT molecular complexity index is 770. The van der Waals surface area contributed by atoms with E-state index in [1.165, 1.54) is 6.33 Å². The minimum absolute atomic E-state index is 0.493. The average Bonchev–Trinajstić information content (AvgIpc) is 2.95. The van der Waals surface area contributed by atoms with Crippen molar-refractivity contribution in [1.29, 1.82) is 0 Å². The van der Waals surface area contributed by atoms with Crippen LogP contribution in [0.15, 0.2) is 42.7 Å². The fourth-order valence-corrected chi connectivity index (χ4v) is 2.04. The van der Waals surface area contributed by atoms with Crippen LogP contribution in [-0.4, -0.2) is 33.2 Å². The average molecular weight is 263 g/mol. The first kappa shape index (κ1) is 12.2. The summed E-state index contributed by atoms with van der Waals surface area (Å²) in [6, 6.07) is 11.9. The van der Waals surface area contributed by atoms with Crippen molar-refractivity contribution in [3.05, 3.63) is 42.7 Å². The topological polar surface area (TPSA) is 46.3 Å². The predicted molar refractivity (Wildman–Crippen MR) is 78.3 cm³/mol. The van der Waals surface area contributed by atoms with Gasteiger partial charge in [-0.05, 0) is 0 Å². The van der Waals surface area contributed by atoms with Gasteiger partial charge < -0.3 is 4.90 Å². The molecule has 0 N–H and O–H groups in total. The van der Waals surface area contributed by atoms with Crippen LogP contribution in [0.2, 0.25) is 0 Å². The third-order valence-electron chi connectivity index (χ3n) is 3.02. The van der Waals surface area contributed by atoms with Crippen molar-refractivity contribution in [3.8, 4) is 23.6 Å². The first-order valence-corrected chi connectivity index (χ1v) is 6.20. The van der Waals surface area contributed by atoms with Crippen molar-refractivity contribution in [3.63, 3.8) is 0 Å². The second-order valence-electron chi connectivity index (χ2n) is 4.40. The molecular weight excluding hydrogens is 250 g/mol. The van der Waals surface area contributed by atoms with E-state index in [0.717, 1.165) is 17.1 Å². The van der Waals surface area contributed by atoms with Crippen LogP contribution >= 0.6 is 0 Å². The molecule has 3 aromatic rings. The molecule has 20 heavy (non-hydrogen) atoms. The molecule has 0 unspecified atom stereocenters. The van der Waals surface area contributed by atoms with E-state index in [1.54, 1.807) is 4.52 Å². The summed E-state index contributed by atoms with van der Waals surface area (Å²) in [7, 11) is 1.92. The summed E-state index contributed by atoms with van der Waals surface area (Å²) >= 11 is 0. The Labute approximate surface area is 116 Å². The molecule has 0 radical (unpaired) electrons. The van der Waals surface area contributed by atoms with Gasteiger partial charge >= 0.3 is 0 Å². The van der Waals surface area contributed by atoms with Crippen LogP contribution < -0.4 is 4.90 Å². The maximum Gasteiger partial charge on any atom is 0.254 e. The van der Waals surface area contributed by atoms with E-state index < -0.39 is 0 Å². The Morgan fingerprint density at radius 3 is 2.85 bits per heavy atom. The standard InChI is InChI=1S/C15H13N5/c1-3-9-19(2)14-10-13(12-7-5-4-6-8-12)18-15-16-11-17-20(14)15/h1,4-8,10-11H,9H2,2H3. The first-order chi connectivity index (χ1) is 9.79. The van der Waals surface area contributed by atoms with Gasteiger partial charge in [-0.1, -0.05) is 36.3 Å². The van der Waals surface area contributed by atoms with Gasteiger partial charge in [0.2, 0.25) is 0 Å². The highest BCUT2D eigenvalue weighted by molar-refractivity contribution is 5.65. The highest BCUT2D eigenvalue weighted by atomic mass is 15.4. The summed E-state index contributed by atoms with van der Waals surface area (Å²) in [4.78, 5) is 10.6. The number of hydrogen-bond donors (Lipinski definition) is 0. The van der Waals surface area contributed by atoms with Crippen LogP contribution in [0.3, 0.4) is 0 Å². The van der Waals surface area contributed by atoms with E-state index in [9.17, 15) is 0 Å². The smallest absolute Gasteiger partial charge is 0.254 e. The molecule has 5 nitrogen and oxygen atoms in total. The molecule has 0 bridgehead atoms. The van der Waals surface area contributed by atoms with Crippen molar-refractivity contribution < 1.29 is 0 Å². The van der Waals surface area contributed by atoms with Gasteiger partial charge in [0.1, 0.15) is 12.1 Å². The Morgan fingerprint density at radius 1 is 1.30 bits per heavy atom. The summed E-state index contributed by atoms with van der Waals surface area (Å²) in [5, 5.41) is 4.19. The molecule has 0 saturated heterocycles. The van der Waals surface area contributed by atoms with Crippen molar-refractivity contribution in [2.75, 3.05) is 18.5 Å². The highest BCUT2D eigenvalue weighted by Crippen LogP contribution is 2.22. The van der Waals surface area contributed by atoms with Gasteiger partial charge in [0.25, 0.3) is 5.78 Å². The number of nitrogens with zero attached hydrogens (tertiary/aromatic N) is 5. The SMILES string of the molecule is C#CCN(C)c1cc(-c2ccccc2)nc2ncnn12. The monoisotopic (exact) mass is 263 g/mol. The number of aromatic nitrogens is 4.